The molecule has 2 heterocycles. The molecular formula is C23H24N4O2S2. The highest BCUT2D eigenvalue weighted by molar-refractivity contribution is 7.99. The maximum absolute atomic E-state index is 12.8. The van der Waals surface area contributed by atoms with E-state index in [1.807, 2.05) is 30.9 Å². The zero-order valence-electron chi connectivity index (χ0n) is 17.6. The minimum atomic E-state index is -0.0753. The number of aryl methyl sites for hydroxylation is 2. The predicted molar refractivity (Wildman–Crippen MR) is 125 cm³/mol. The van der Waals surface area contributed by atoms with E-state index in [2.05, 4.69) is 16.0 Å². The SMILES string of the molecule is CCN(C(=O)CSCc1nc2sc3c(c2c(=O)[nH]1)CCC3)C(C)c1ccc(C#N)cc1. The van der Waals surface area contributed by atoms with Gasteiger partial charge in [0.15, 0.2) is 0 Å². The molecule has 2 aromatic heterocycles. The first-order chi connectivity index (χ1) is 15.0. The number of amides is 1. The zero-order chi connectivity index (χ0) is 22.0. The highest BCUT2D eigenvalue weighted by Crippen LogP contribution is 2.34. The molecule has 0 spiro atoms. The molecule has 1 unspecified atom stereocenters. The standard InChI is InChI=1S/C23H24N4O2S2/c1-3-27(14(2)16-9-7-15(11-24)8-10-16)20(28)13-30-12-19-25-22(29)21-17-5-4-6-18(17)31-23(21)26-19/h7-10,14H,3-6,12-13H2,1-2H3,(H,25,26,29). The number of carbonyl (C=O) groups excluding carboxylic acids is 1. The van der Waals surface area contributed by atoms with Crippen LogP contribution in [0.5, 0.6) is 0 Å². The fraction of sp³-hybridized carbons (Fsp3) is 0.391. The summed E-state index contributed by atoms with van der Waals surface area (Å²) in [5, 5.41) is 9.72. The van der Waals surface area contributed by atoms with Crippen molar-refractivity contribution >= 4 is 39.2 Å². The lowest BCUT2D eigenvalue weighted by molar-refractivity contribution is -0.130. The van der Waals surface area contributed by atoms with Gasteiger partial charge in [-0.1, -0.05) is 12.1 Å². The Balaban J connectivity index is 1.39. The summed E-state index contributed by atoms with van der Waals surface area (Å²) >= 11 is 3.09. The van der Waals surface area contributed by atoms with Gasteiger partial charge in [0.2, 0.25) is 5.91 Å². The number of carbonyl (C=O) groups is 1. The molecule has 8 heteroatoms. The molecule has 0 fully saturated rings. The van der Waals surface area contributed by atoms with Crippen LogP contribution in [0.2, 0.25) is 0 Å². The second-order valence-electron chi connectivity index (χ2n) is 7.63. The van der Waals surface area contributed by atoms with Crippen LogP contribution >= 0.6 is 23.1 Å². The molecule has 1 atom stereocenters. The second-order valence-corrected chi connectivity index (χ2v) is 9.70. The van der Waals surface area contributed by atoms with Gasteiger partial charge in [-0.3, -0.25) is 9.59 Å². The molecule has 1 aliphatic carbocycles. The van der Waals surface area contributed by atoms with Crippen molar-refractivity contribution < 1.29 is 4.79 Å². The first-order valence-corrected chi connectivity index (χ1v) is 12.4. The van der Waals surface area contributed by atoms with Crippen molar-refractivity contribution in [2.75, 3.05) is 12.3 Å². The Kier molecular flexibility index (Phi) is 6.44. The molecule has 4 rings (SSSR count). The Hall–Kier alpha value is -2.63. The molecule has 0 radical (unpaired) electrons. The van der Waals surface area contributed by atoms with Crippen molar-refractivity contribution in [2.24, 2.45) is 0 Å². The molecule has 1 amide bonds. The van der Waals surface area contributed by atoms with E-state index in [4.69, 9.17) is 5.26 Å². The first kappa shape index (κ1) is 21.6. The molecule has 160 valence electrons. The third-order valence-corrected chi connectivity index (χ3v) is 7.85. The maximum atomic E-state index is 12.8. The highest BCUT2D eigenvalue weighted by Gasteiger charge is 2.22. The van der Waals surface area contributed by atoms with Crippen LogP contribution in [0.4, 0.5) is 0 Å². The van der Waals surface area contributed by atoms with Crippen LogP contribution in [0.3, 0.4) is 0 Å². The number of rotatable bonds is 7. The lowest BCUT2D eigenvalue weighted by Crippen LogP contribution is -2.34. The number of nitriles is 1. The summed E-state index contributed by atoms with van der Waals surface area (Å²) in [6.45, 7) is 4.56. The smallest absolute Gasteiger partial charge is 0.259 e. The lowest BCUT2D eigenvalue weighted by atomic mass is 10.1. The van der Waals surface area contributed by atoms with E-state index in [1.165, 1.54) is 22.2 Å². The Morgan fingerprint density at radius 2 is 2.13 bits per heavy atom. The van der Waals surface area contributed by atoms with Crippen molar-refractivity contribution in [3.63, 3.8) is 0 Å². The summed E-state index contributed by atoms with van der Waals surface area (Å²) in [7, 11) is 0. The van der Waals surface area contributed by atoms with E-state index >= 15 is 0 Å². The van der Waals surface area contributed by atoms with Crippen LogP contribution in [0.15, 0.2) is 29.1 Å². The summed E-state index contributed by atoms with van der Waals surface area (Å²) in [5.74, 6) is 1.47. The Bertz CT molecular complexity index is 1210. The number of nitrogens with one attached hydrogen (secondary N) is 1. The van der Waals surface area contributed by atoms with E-state index in [0.29, 0.717) is 29.4 Å². The summed E-state index contributed by atoms with van der Waals surface area (Å²) in [6, 6.07) is 9.38. The van der Waals surface area contributed by atoms with E-state index in [9.17, 15) is 9.59 Å². The monoisotopic (exact) mass is 452 g/mol. The predicted octanol–water partition coefficient (Wildman–Crippen LogP) is 4.19. The first-order valence-electron chi connectivity index (χ1n) is 10.4. The normalized spacial score (nSPS) is 13.7. The molecule has 3 aromatic rings. The van der Waals surface area contributed by atoms with Gasteiger partial charge in [-0.2, -0.15) is 5.26 Å². The molecule has 0 aliphatic heterocycles. The number of H-pyrrole nitrogens is 1. The fourth-order valence-electron chi connectivity index (χ4n) is 4.12. The molecule has 1 aromatic carbocycles. The number of fused-ring (bicyclic) bond motifs is 3. The lowest BCUT2D eigenvalue weighted by Gasteiger charge is -2.28. The van der Waals surface area contributed by atoms with Gasteiger partial charge in [0, 0.05) is 11.4 Å². The third-order valence-electron chi connectivity index (χ3n) is 5.74. The topological polar surface area (TPSA) is 89.8 Å². The Morgan fingerprint density at radius 3 is 2.84 bits per heavy atom. The average Bonchev–Trinajstić information content (AvgIpc) is 3.35. The number of aromatic amines is 1. The van der Waals surface area contributed by atoms with Gasteiger partial charge in [-0.05, 0) is 56.4 Å². The van der Waals surface area contributed by atoms with Crippen LogP contribution in [0, 0.1) is 11.3 Å². The van der Waals surface area contributed by atoms with Gasteiger partial charge in [0.25, 0.3) is 5.56 Å². The Labute approximate surface area is 189 Å². The summed E-state index contributed by atoms with van der Waals surface area (Å²) < 4.78 is 0. The van der Waals surface area contributed by atoms with E-state index < -0.39 is 0 Å². The molecule has 1 N–H and O–H groups in total. The number of thiophene rings is 1. The van der Waals surface area contributed by atoms with Crippen LogP contribution in [-0.2, 0) is 23.4 Å². The third kappa shape index (κ3) is 4.39. The number of thioether (sulfide) groups is 1. The van der Waals surface area contributed by atoms with Crippen molar-refractivity contribution in [1.82, 2.24) is 14.9 Å². The zero-order valence-corrected chi connectivity index (χ0v) is 19.2. The van der Waals surface area contributed by atoms with Gasteiger partial charge in [0.1, 0.15) is 10.7 Å². The molecule has 0 saturated heterocycles. The molecule has 31 heavy (non-hydrogen) atoms. The van der Waals surface area contributed by atoms with Gasteiger partial charge in [-0.15, -0.1) is 23.1 Å². The van der Waals surface area contributed by atoms with Gasteiger partial charge in [-0.25, -0.2) is 4.98 Å². The molecule has 0 bridgehead atoms. The quantitative estimate of drug-likeness (QED) is 0.581. The minimum Gasteiger partial charge on any atom is -0.336 e. The van der Waals surface area contributed by atoms with Crippen LogP contribution in [-0.4, -0.2) is 33.1 Å². The number of aromatic nitrogens is 2. The van der Waals surface area contributed by atoms with Crippen molar-refractivity contribution in [3.05, 3.63) is 62.0 Å². The van der Waals surface area contributed by atoms with Crippen LogP contribution in [0.1, 0.15) is 53.7 Å². The van der Waals surface area contributed by atoms with Crippen molar-refractivity contribution in [2.45, 2.75) is 44.9 Å². The number of hydrogen-bond donors (Lipinski definition) is 1. The summed E-state index contributed by atoms with van der Waals surface area (Å²) in [6.07, 6.45) is 3.12. The largest absolute Gasteiger partial charge is 0.336 e. The van der Waals surface area contributed by atoms with Crippen LogP contribution in [0.25, 0.3) is 10.2 Å². The van der Waals surface area contributed by atoms with Gasteiger partial charge in [0.05, 0.1) is 34.6 Å². The molecule has 1 aliphatic rings. The van der Waals surface area contributed by atoms with E-state index in [0.717, 1.165) is 35.0 Å². The molecule has 0 saturated carbocycles. The molecule has 6 nitrogen and oxygen atoms in total. The fourth-order valence-corrected chi connectivity index (χ4v) is 6.17. The number of nitrogens with zero attached hydrogens (tertiary/aromatic N) is 3. The molecular weight excluding hydrogens is 428 g/mol. The van der Waals surface area contributed by atoms with Gasteiger partial charge >= 0.3 is 0 Å². The highest BCUT2D eigenvalue weighted by atomic mass is 32.2. The summed E-state index contributed by atoms with van der Waals surface area (Å²) in [4.78, 5) is 36.9. The van der Waals surface area contributed by atoms with Gasteiger partial charge < -0.3 is 9.88 Å². The maximum Gasteiger partial charge on any atom is 0.259 e. The second kappa shape index (κ2) is 9.25. The van der Waals surface area contributed by atoms with Crippen molar-refractivity contribution in [1.29, 1.82) is 5.26 Å². The minimum absolute atomic E-state index is 0.0443. The summed E-state index contributed by atoms with van der Waals surface area (Å²) in [5.41, 5.74) is 2.73. The van der Waals surface area contributed by atoms with E-state index in [1.54, 1.807) is 23.5 Å². The Morgan fingerprint density at radius 1 is 1.35 bits per heavy atom. The average molecular weight is 453 g/mol. The van der Waals surface area contributed by atoms with Crippen molar-refractivity contribution in [3.8, 4) is 6.07 Å². The van der Waals surface area contributed by atoms with E-state index in [-0.39, 0.29) is 17.5 Å². The number of hydrogen-bond acceptors (Lipinski definition) is 6. The number of benzene rings is 1. The van der Waals surface area contributed by atoms with Crippen LogP contribution < -0.4 is 5.56 Å².